The maximum absolute atomic E-state index is 13.7. The Labute approximate surface area is 114 Å². The van der Waals surface area contributed by atoms with Gasteiger partial charge >= 0.3 is 0 Å². The SMILES string of the molecule is Cc1cc(NC(=O)c2cc(C#CCN)ccc2F)no1. The van der Waals surface area contributed by atoms with E-state index in [1.54, 1.807) is 6.92 Å². The Kier molecular flexibility index (Phi) is 4.13. The first-order valence-electron chi connectivity index (χ1n) is 5.83. The van der Waals surface area contributed by atoms with Crippen LogP contribution in [0.3, 0.4) is 0 Å². The van der Waals surface area contributed by atoms with Crippen molar-refractivity contribution in [1.29, 1.82) is 0 Å². The molecule has 0 aliphatic rings. The Bertz CT molecular complexity index is 698. The topological polar surface area (TPSA) is 81.2 Å². The minimum atomic E-state index is -0.638. The summed E-state index contributed by atoms with van der Waals surface area (Å²) >= 11 is 0. The summed E-state index contributed by atoms with van der Waals surface area (Å²) in [6, 6.07) is 5.56. The summed E-state index contributed by atoms with van der Waals surface area (Å²) in [6.07, 6.45) is 0. The van der Waals surface area contributed by atoms with Crippen LogP contribution in [0.5, 0.6) is 0 Å². The van der Waals surface area contributed by atoms with Gasteiger partial charge in [-0.15, -0.1) is 0 Å². The standard InChI is InChI=1S/C14H12FN3O2/c1-9-7-13(18-20-9)17-14(19)11-8-10(3-2-6-16)4-5-12(11)15/h4-5,7-8H,6,16H2,1H3,(H,17,18,19). The number of aryl methyl sites for hydroxylation is 1. The van der Waals surface area contributed by atoms with Gasteiger partial charge in [-0.1, -0.05) is 17.0 Å². The van der Waals surface area contributed by atoms with Crippen LogP contribution in [-0.4, -0.2) is 17.6 Å². The molecule has 5 nitrogen and oxygen atoms in total. The molecule has 0 radical (unpaired) electrons. The second-order valence-corrected chi connectivity index (χ2v) is 3.98. The van der Waals surface area contributed by atoms with Gasteiger partial charge in [0, 0.05) is 11.6 Å². The molecule has 0 unspecified atom stereocenters. The van der Waals surface area contributed by atoms with E-state index >= 15 is 0 Å². The van der Waals surface area contributed by atoms with Crippen molar-refractivity contribution < 1.29 is 13.7 Å². The molecule has 20 heavy (non-hydrogen) atoms. The third-order valence-electron chi connectivity index (χ3n) is 2.42. The molecule has 102 valence electrons. The summed E-state index contributed by atoms with van der Waals surface area (Å²) in [5.74, 6) is 4.89. The second kappa shape index (κ2) is 5.99. The zero-order chi connectivity index (χ0) is 14.5. The van der Waals surface area contributed by atoms with Gasteiger partial charge in [0.1, 0.15) is 11.6 Å². The summed E-state index contributed by atoms with van der Waals surface area (Å²) in [5, 5.41) is 6.06. The zero-order valence-corrected chi connectivity index (χ0v) is 10.7. The van der Waals surface area contributed by atoms with Crippen molar-refractivity contribution in [2.24, 2.45) is 5.73 Å². The Balaban J connectivity index is 2.24. The van der Waals surface area contributed by atoms with Crippen LogP contribution in [0.15, 0.2) is 28.8 Å². The highest BCUT2D eigenvalue weighted by Gasteiger charge is 2.14. The number of halogens is 1. The fourth-order valence-corrected chi connectivity index (χ4v) is 1.54. The Morgan fingerprint density at radius 3 is 2.95 bits per heavy atom. The molecule has 0 bridgehead atoms. The van der Waals surface area contributed by atoms with Crippen LogP contribution < -0.4 is 11.1 Å². The maximum atomic E-state index is 13.7. The van der Waals surface area contributed by atoms with E-state index in [1.165, 1.54) is 24.3 Å². The van der Waals surface area contributed by atoms with E-state index < -0.39 is 11.7 Å². The highest BCUT2D eigenvalue weighted by molar-refractivity contribution is 6.04. The molecule has 1 aromatic carbocycles. The minimum Gasteiger partial charge on any atom is -0.360 e. The van der Waals surface area contributed by atoms with Crippen LogP contribution >= 0.6 is 0 Å². The number of nitrogens with one attached hydrogen (secondary N) is 1. The molecule has 2 rings (SSSR count). The predicted octanol–water partition coefficient (Wildman–Crippen LogP) is 1.68. The van der Waals surface area contributed by atoms with Gasteiger partial charge in [-0.05, 0) is 25.1 Å². The summed E-state index contributed by atoms with van der Waals surface area (Å²) in [6.45, 7) is 1.88. The van der Waals surface area contributed by atoms with Gasteiger partial charge in [-0.2, -0.15) is 0 Å². The lowest BCUT2D eigenvalue weighted by Crippen LogP contribution is -2.14. The number of nitrogens with zero attached hydrogens (tertiary/aromatic N) is 1. The highest BCUT2D eigenvalue weighted by atomic mass is 19.1. The smallest absolute Gasteiger partial charge is 0.259 e. The molecular formula is C14H12FN3O2. The lowest BCUT2D eigenvalue weighted by atomic mass is 10.1. The van der Waals surface area contributed by atoms with Crippen LogP contribution in [0.25, 0.3) is 0 Å². The van der Waals surface area contributed by atoms with Gasteiger partial charge in [0.15, 0.2) is 5.82 Å². The van der Waals surface area contributed by atoms with E-state index in [-0.39, 0.29) is 17.9 Å². The lowest BCUT2D eigenvalue weighted by Gasteiger charge is -2.03. The molecule has 0 atom stereocenters. The van der Waals surface area contributed by atoms with E-state index in [9.17, 15) is 9.18 Å². The zero-order valence-electron chi connectivity index (χ0n) is 10.7. The van der Waals surface area contributed by atoms with Crippen LogP contribution in [-0.2, 0) is 0 Å². The number of aromatic nitrogens is 1. The maximum Gasteiger partial charge on any atom is 0.259 e. The van der Waals surface area contributed by atoms with Crippen molar-refractivity contribution in [3.05, 3.63) is 47.0 Å². The molecule has 0 aliphatic heterocycles. The van der Waals surface area contributed by atoms with Crippen molar-refractivity contribution in [1.82, 2.24) is 5.16 Å². The number of carbonyl (C=O) groups excluding carboxylic acids is 1. The molecule has 1 amide bonds. The van der Waals surface area contributed by atoms with Crippen molar-refractivity contribution in [3.8, 4) is 11.8 Å². The highest BCUT2D eigenvalue weighted by Crippen LogP contribution is 2.13. The summed E-state index contributed by atoms with van der Waals surface area (Å²) in [5.41, 5.74) is 5.66. The molecule has 0 saturated heterocycles. The van der Waals surface area contributed by atoms with Gasteiger partial charge in [-0.25, -0.2) is 4.39 Å². The second-order valence-electron chi connectivity index (χ2n) is 3.98. The summed E-state index contributed by atoms with van der Waals surface area (Å²) in [4.78, 5) is 12.0. The third kappa shape index (κ3) is 3.22. The number of carbonyl (C=O) groups is 1. The van der Waals surface area contributed by atoms with Crippen molar-refractivity contribution >= 4 is 11.7 Å². The number of amides is 1. The average molecular weight is 273 g/mol. The van der Waals surface area contributed by atoms with Gasteiger partial charge < -0.3 is 15.6 Å². The molecule has 0 aliphatic carbocycles. The number of benzene rings is 1. The van der Waals surface area contributed by atoms with E-state index in [1.807, 2.05) is 0 Å². The lowest BCUT2D eigenvalue weighted by molar-refractivity contribution is 0.102. The number of hydrogen-bond acceptors (Lipinski definition) is 4. The van der Waals surface area contributed by atoms with E-state index in [0.29, 0.717) is 11.3 Å². The summed E-state index contributed by atoms with van der Waals surface area (Å²) in [7, 11) is 0. The van der Waals surface area contributed by atoms with Crippen molar-refractivity contribution in [2.75, 3.05) is 11.9 Å². The first-order chi connectivity index (χ1) is 9.60. The van der Waals surface area contributed by atoms with Gasteiger partial charge in [0.05, 0.1) is 12.1 Å². The Morgan fingerprint density at radius 2 is 2.30 bits per heavy atom. The fourth-order valence-electron chi connectivity index (χ4n) is 1.54. The first kappa shape index (κ1) is 13.8. The van der Waals surface area contributed by atoms with Crippen LogP contribution in [0.4, 0.5) is 10.2 Å². The van der Waals surface area contributed by atoms with Crippen molar-refractivity contribution in [2.45, 2.75) is 6.92 Å². The first-order valence-corrected chi connectivity index (χ1v) is 5.83. The predicted molar refractivity (Wildman–Crippen MR) is 71.5 cm³/mol. The van der Waals surface area contributed by atoms with E-state index in [0.717, 1.165) is 0 Å². The number of rotatable bonds is 2. The number of anilines is 1. The van der Waals surface area contributed by atoms with Crippen LogP contribution in [0.1, 0.15) is 21.7 Å². The normalized spacial score (nSPS) is 9.75. The molecule has 1 aromatic heterocycles. The fraction of sp³-hybridized carbons (Fsp3) is 0.143. The van der Waals surface area contributed by atoms with Gasteiger partial charge in [0.25, 0.3) is 5.91 Å². The molecule has 2 aromatic rings. The van der Waals surface area contributed by atoms with E-state index in [2.05, 4.69) is 22.3 Å². The molecular weight excluding hydrogens is 261 g/mol. The molecule has 0 fully saturated rings. The Morgan fingerprint density at radius 1 is 1.50 bits per heavy atom. The molecule has 3 N–H and O–H groups in total. The molecule has 0 saturated carbocycles. The average Bonchev–Trinajstić information content (AvgIpc) is 2.83. The van der Waals surface area contributed by atoms with Gasteiger partial charge in [0.2, 0.25) is 0 Å². The Hall–Kier alpha value is -2.65. The number of hydrogen-bond donors (Lipinski definition) is 2. The van der Waals surface area contributed by atoms with Gasteiger partial charge in [-0.3, -0.25) is 4.79 Å². The summed E-state index contributed by atoms with van der Waals surface area (Å²) < 4.78 is 18.5. The minimum absolute atomic E-state index is 0.116. The molecule has 6 heteroatoms. The van der Waals surface area contributed by atoms with Crippen LogP contribution in [0.2, 0.25) is 0 Å². The van der Waals surface area contributed by atoms with E-state index in [4.69, 9.17) is 10.3 Å². The van der Waals surface area contributed by atoms with Crippen LogP contribution in [0, 0.1) is 24.6 Å². The third-order valence-corrected chi connectivity index (χ3v) is 2.42. The quantitative estimate of drug-likeness (QED) is 0.816. The van der Waals surface area contributed by atoms with Crippen molar-refractivity contribution in [3.63, 3.8) is 0 Å². The largest absolute Gasteiger partial charge is 0.360 e. The number of nitrogens with two attached hydrogens (primary N) is 1. The molecule has 1 heterocycles. The molecule has 0 spiro atoms. The monoisotopic (exact) mass is 273 g/mol.